The fourth-order valence-corrected chi connectivity index (χ4v) is 2.91. The van der Waals surface area contributed by atoms with E-state index in [9.17, 15) is 4.79 Å². The highest BCUT2D eigenvalue weighted by atomic mass is 16.5. The quantitative estimate of drug-likeness (QED) is 0.835. The molecule has 1 fully saturated rings. The topological polar surface area (TPSA) is 53.3 Å². The number of hydrogen-bond acceptors (Lipinski definition) is 3. The van der Waals surface area contributed by atoms with Crippen molar-refractivity contribution >= 4 is 5.91 Å². The molecule has 112 valence electrons. The number of benzene rings is 1. The maximum absolute atomic E-state index is 12.3. The number of hydrogen-bond donors (Lipinski definition) is 0. The summed E-state index contributed by atoms with van der Waals surface area (Å²) in [5, 5.41) is 8.86. The molecule has 0 unspecified atom stereocenters. The van der Waals surface area contributed by atoms with Crippen LogP contribution in [0.15, 0.2) is 24.3 Å². The second kappa shape index (κ2) is 7.68. The number of carbonyl (C=O) groups is 1. The molecule has 1 aliphatic carbocycles. The summed E-state index contributed by atoms with van der Waals surface area (Å²) in [6.07, 6.45) is 5.89. The van der Waals surface area contributed by atoms with Crippen molar-refractivity contribution in [2.24, 2.45) is 0 Å². The number of likely N-dealkylation sites (N-methyl/N-ethyl adjacent to an activating group) is 1. The zero-order chi connectivity index (χ0) is 15.1. The van der Waals surface area contributed by atoms with E-state index in [1.807, 2.05) is 11.8 Å². The summed E-state index contributed by atoms with van der Waals surface area (Å²) < 4.78 is 5.54. The molecule has 1 saturated carbocycles. The van der Waals surface area contributed by atoms with Crippen molar-refractivity contribution in [1.82, 2.24) is 4.90 Å². The minimum absolute atomic E-state index is 0.0340. The second-order valence-electron chi connectivity index (χ2n) is 5.40. The predicted octanol–water partition coefficient (Wildman–Crippen LogP) is 3.12. The van der Waals surface area contributed by atoms with Crippen LogP contribution in [0.5, 0.6) is 5.75 Å². The van der Waals surface area contributed by atoms with Gasteiger partial charge in [0.15, 0.2) is 6.61 Å². The molecule has 4 nitrogen and oxygen atoms in total. The van der Waals surface area contributed by atoms with Crippen molar-refractivity contribution in [3.8, 4) is 11.8 Å². The summed E-state index contributed by atoms with van der Waals surface area (Å²) in [6.45, 7) is 2.78. The monoisotopic (exact) mass is 286 g/mol. The van der Waals surface area contributed by atoms with Gasteiger partial charge >= 0.3 is 0 Å². The van der Waals surface area contributed by atoms with E-state index in [0.717, 1.165) is 19.4 Å². The Labute approximate surface area is 126 Å². The average Bonchev–Trinajstić information content (AvgIpc) is 2.55. The van der Waals surface area contributed by atoms with Crippen molar-refractivity contribution in [3.63, 3.8) is 0 Å². The van der Waals surface area contributed by atoms with Crippen molar-refractivity contribution in [2.45, 2.75) is 45.1 Å². The Kier molecular flexibility index (Phi) is 5.62. The van der Waals surface area contributed by atoms with Gasteiger partial charge in [-0.15, -0.1) is 0 Å². The van der Waals surface area contributed by atoms with Crippen LogP contribution < -0.4 is 4.74 Å². The van der Waals surface area contributed by atoms with E-state index in [4.69, 9.17) is 10.00 Å². The lowest BCUT2D eigenvalue weighted by molar-refractivity contribution is -0.136. The zero-order valence-corrected chi connectivity index (χ0v) is 12.5. The molecule has 1 aromatic rings. The first kappa shape index (κ1) is 15.4. The molecule has 0 N–H and O–H groups in total. The third-order valence-corrected chi connectivity index (χ3v) is 4.00. The van der Waals surface area contributed by atoms with Crippen LogP contribution in [0.1, 0.15) is 44.6 Å². The lowest BCUT2D eigenvalue weighted by Gasteiger charge is -2.33. The van der Waals surface area contributed by atoms with E-state index in [2.05, 4.69) is 6.07 Å². The first-order chi connectivity index (χ1) is 10.2. The summed E-state index contributed by atoms with van der Waals surface area (Å²) in [6, 6.07) is 9.34. The van der Waals surface area contributed by atoms with Gasteiger partial charge in [-0.05, 0) is 38.0 Å². The normalized spacial score (nSPS) is 15.2. The van der Waals surface area contributed by atoms with Gasteiger partial charge in [0.05, 0.1) is 11.6 Å². The van der Waals surface area contributed by atoms with E-state index in [1.165, 1.54) is 19.3 Å². The summed E-state index contributed by atoms with van der Waals surface area (Å²) in [4.78, 5) is 14.3. The second-order valence-corrected chi connectivity index (χ2v) is 5.40. The molecule has 0 aliphatic heterocycles. The van der Waals surface area contributed by atoms with Crippen LogP contribution in [-0.4, -0.2) is 30.0 Å². The first-order valence-electron chi connectivity index (χ1n) is 7.67. The van der Waals surface area contributed by atoms with Gasteiger partial charge in [-0.25, -0.2) is 0 Å². The summed E-state index contributed by atoms with van der Waals surface area (Å²) in [5.74, 6) is 0.605. The van der Waals surface area contributed by atoms with Gasteiger partial charge < -0.3 is 9.64 Å². The number of amides is 1. The molecule has 1 amide bonds. The molecule has 0 bridgehead atoms. The molecule has 1 aromatic carbocycles. The van der Waals surface area contributed by atoms with Crippen LogP contribution in [0, 0.1) is 11.3 Å². The lowest BCUT2D eigenvalue weighted by Crippen LogP contribution is -2.43. The predicted molar refractivity (Wildman–Crippen MR) is 80.9 cm³/mol. The molecule has 0 saturated heterocycles. The van der Waals surface area contributed by atoms with Crippen LogP contribution in [0.2, 0.25) is 0 Å². The number of ether oxygens (including phenoxy) is 1. The molecular weight excluding hydrogens is 264 g/mol. The van der Waals surface area contributed by atoms with Gasteiger partial charge in [0.1, 0.15) is 5.75 Å². The molecule has 0 aromatic heterocycles. The Morgan fingerprint density at radius 3 is 2.81 bits per heavy atom. The smallest absolute Gasteiger partial charge is 0.260 e. The summed E-state index contributed by atoms with van der Waals surface area (Å²) in [5.41, 5.74) is 0.541. The molecule has 0 radical (unpaired) electrons. The molecule has 21 heavy (non-hydrogen) atoms. The Morgan fingerprint density at radius 1 is 1.38 bits per heavy atom. The fourth-order valence-electron chi connectivity index (χ4n) is 2.91. The SMILES string of the molecule is CCN(C(=O)COc1cccc(C#N)c1)C1CCCCC1. The molecule has 0 heterocycles. The van der Waals surface area contributed by atoms with Crippen LogP contribution in [-0.2, 0) is 4.79 Å². The Bertz CT molecular complexity index is 516. The molecule has 4 heteroatoms. The highest BCUT2D eigenvalue weighted by molar-refractivity contribution is 5.78. The van der Waals surface area contributed by atoms with Gasteiger partial charge in [0, 0.05) is 12.6 Å². The minimum atomic E-state index is 0.0340. The van der Waals surface area contributed by atoms with Gasteiger partial charge in [-0.1, -0.05) is 25.3 Å². The number of rotatable bonds is 5. The highest BCUT2D eigenvalue weighted by Crippen LogP contribution is 2.22. The van der Waals surface area contributed by atoms with Crippen LogP contribution in [0.25, 0.3) is 0 Å². The molecule has 0 spiro atoms. The molecule has 1 aliphatic rings. The lowest BCUT2D eigenvalue weighted by atomic mass is 9.94. The number of nitrogens with zero attached hydrogens (tertiary/aromatic N) is 2. The Hall–Kier alpha value is -2.02. The molecule has 0 atom stereocenters. The zero-order valence-electron chi connectivity index (χ0n) is 12.5. The largest absolute Gasteiger partial charge is 0.484 e. The van der Waals surface area contributed by atoms with E-state index >= 15 is 0 Å². The van der Waals surface area contributed by atoms with E-state index in [-0.39, 0.29) is 12.5 Å². The molecular formula is C17H22N2O2. The van der Waals surface area contributed by atoms with Crippen LogP contribution in [0.4, 0.5) is 0 Å². The maximum atomic E-state index is 12.3. The van der Waals surface area contributed by atoms with E-state index in [0.29, 0.717) is 17.4 Å². The third kappa shape index (κ3) is 4.22. The van der Waals surface area contributed by atoms with Crippen molar-refractivity contribution in [1.29, 1.82) is 5.26 Å². The molecule has 2 rings (SSSR count). The average molecular weight is 286 g/mol. The van der Waals surface area contributed by atoms with E-state index < -0.39 is 0 Å². The van der Waals surface area contributed by atoms with Gasteiger partial charge in [-0.2, -0.15) is 5.26 Å². The maximum Gasteiger partial charge on any atom is 0.260 e. The fraction of sp³-hybridized carbons (Fsp3) is 0.529. The van der Waals surface area contributed by atoms with Crippen molar-refractivity contribution in [3.05, 3.63) is 29.8 Å². The third-order valence-electron chi connectivity index (χ3n) is 4.00. The van der Waals surface area contributed by atoms with Crippen molar-refractivity contribution in [2.75, 3.05) is 13.2 Å². The Morgan fingerprint density at radius 2 is 2.14 bits per heavy atom. The number of carbonyl (C=O) groups excluding carboxylic acids is 1. The first-order valence-corrected chi connectivity index (χ1v) is 7.67. The standard InChI is InChI=1S/C17H22N2O2/c1-2-19(15-8-4-3-5-9-15)17(20)13-21-16-10-6-7-14(11-16)12-18/h6-7,10-11,15H,2-5,8-9,13H2,1H3. The number of nitriles is 1. The van der Waals surface area contributed by atoms with Crippen molar-refractivity contribution < 1.29 is 9.53 Å². The van der Waals surface area contributed by atoms with Crippen LogP contribution >= 0.6 is 0 Å². The Balaban J connectivity index is 1.91. The highest BCUT2D eigenvalue weighted by Gasteiger charge is 2.24. The minimum Gasteiger partial charge on any atom is -0.484 e. The van der Waals surface area contributed by atoms with Gasteiger partial charge in [-0.3, -0.25) is 4.79 Å². The van der Waals surface area contributed by atoms with E-state index in [1.54, 1.807) is 24.3 Å². The summed E-state index contributed by atoms with van der Waals surface area (Å²) >= 11 is 0. The van der Waals surface area contributed by atoms with Gasteiger partial charge in [0.25, 0.3) is 5.91 Å². The summed E-state index contributed by atoms with van der Waals surface area (Å²) in [7, 11) is 0. The van der Waals surface area contributed by atoms with Crippen LogP contribution in [0.3, 0.4) is 0 Å². The van der Waals surface area contributed by atoms with Gasteiger partial charge in [0.2, 0.25) is 0 Å².